The van der Waals surface area contributed by atoms with Crippen LogP contribution in [0.2, 0.25) is 0 Å². The predicted octanol–water partition coefficient (Wildman–Crippen LogP) is 3.06. The highest BCUT2D eigenvalue weighted by atomic mass is 14.6. The van der Waals surface area contributed by atoms with Crippen molar-refractivity contribution in [1.29, 1.82) is 0 Å². The Labute approximate surface area is 99.1 Å². The lowest BCUT2D eigenvalue weighted by atomic mass is 9.99. The van der Waals surface area contributed by atoms with Crippen LogP contribution in [0.1, 0.15) is 37.3 Å². The van der Waals surface area contributed by atoms with E-state index in [-0.39, 0.29) is 6.04 Å². The van der Waals surface area contributed by atoms with Crippen molar-refractivity contribution in [3.63, 3.8) is 0 Å². The topological polar surface area (TPSA) is 26.0 Å². The minimum Gasteiger partial charge on any atom is -0.328 e. The molecular formula is C15H21N. The second-order valence-corrected chi connectivity index (χ2v) is 4.19. The van der Waals surface area contributed by atoms with Gasteiger partial charge in [-0.05, 0) is 44.2 Å². The normalized spacial score (nSPS) is 11.7. The summed E-state index contributed by atoms with van der Waals surface area (Å²) in [5.41, 5.74) is 8.82. The SMILES string of the molecule is CC#CCCC(N)CCc1ccccc1C. The van der Waals surface area contributed by atoms with Gasteiger partial charge in [0.2, 0.25) is 0 Å². The molecule has 1 nitrogen and oxygen atoms in total. The average Bonchev–Trinajstić information content (AvgIpc) is 2.28. The summed E-state index contributed by atoms with van der Waals surface area (Å²) in [5.74, 6) is 5.96. The Hall–Kier alpha value is -1.26. The van der Waals surface area contributed by atoms with E-state index in [9.17, 15) is 0 Å². The van der Waals surface area contributed by atoms with Gasteiger partial charge in [0.1, 0.15) is 0 Å². The molecule has 0 heterocycles. The minimum absolute atomic E-state index is 0.278. The number of hydrogen-bond donors (Lipinski definition) is 1. The molecule has 0 bridgehead atoms. The maximum atomic E-state index is 6.04. The minimum atomic E-state index is 0.278. The molecule has 16 heavy (non-hydrogen) atoms. The van der Waals surface area contributed by atoms with Crippen LogP contribution >= 0.6 is 0 Å². The lowest BCUT2D eigenvalue weighted by molar-refractivity contribution is 0.577. The van der Waals surface area contributed by atoms with Gasteiger partial charge in [0, 0.05) is 12.5 Å². The zero-order chi connectivity index (χ0) is 11.8. The maximum absolute atomic E-state index is 6.04. The fraction of sp³-hybridized carbons (Fsp3) is 0.467. The summed E-state index contributed by atoms with van der Waals surface area (Å²) in [4.78, 5) is 0. The summed E-state index contributed by atoms with van der Waals surface area (Å²) in [7, 11) is 0. The van der Waals surface area contributed by atoms with E-state index in [2.05, 4.69) is 43.0 Å². The second kappa shape index (κ2) is 7.09. The number of aryl methyl sites for hydroxylation is 2. The third-order valence-corrected chi connectivity index (χ3v) is 2.86. The van der Waals surface area contributed by atoms with Crippen molar-refractivity contribution in [2.45, 2.75) is 45.6 Å². The van der Waals surface area contributed by atoms with Gasteiger partial charge in [0.05, 0.1) is 0 Å². The Morgan fingerprint density at radius 1 is 1.25 bits per heavy atom. The van der Waals surface area contributed by atoms with E-state index in [1.165, 1.54) is 11.1 Å². The molecule has 0 saturated carbocycles. The van der Waals surface area contributed by atoms with Gasteiger partial charge < -0.3 is 5.73 Å². The van der Waals surface area contributed by atoms with Crippen LogP contribution in [0.5, 0.6) is 0 Å². The molecule has 1 unspecified atom stereocenters. The number of nitrogens with two attached hydrogens (primary N) is 1. The highest BCUT2D eigenvalue weighted by Gasteiger charge is 2.03. The smallest absolute Gasteiger partial charge is 0.0103 e. The molecule has 2 N–H and O–H groups in total. The quantitative estimate of drug-likeness (QED) is 0.751. The lowest BCUT2D eigenvalue weighted by Gasteiger charge is -2.11. The molecule has 1 heteroatoms. The van der Waals surface area contributed by atoms with Crippen molar-refractivity contribution in [3.8, 4) is 11.8 Å². The van der Waals surface area contributed by atoms with Crippen LogP contribution in [0, 0.1) is 18.8 Å². The standard InChI is InChI=1S/C15H21N/c1-3-4-5-10-15(16)12-11-14-9-7-6-8-13(14)2/h6-9,15H,5,10-12,16H2,1-2H3. The second-order valence-electron chi connectivity index (χ2n) is 4.19. The molecule has 1 atom stereocenters. The van der Waals surface area contributed by atoms with Crippen molar-refractivity contribution in [2.75, 3.05) is 0 Å². The van der Waals surface area contributed by atoms with Crippen LogP contribution in [0.3, 0.4) is 0 Å². The molecule has 86 valence electrons. The molecule has 0 saturated heterocycles. The fourth-order valence-corrected chi connectivity index (χ4v) is 1.76. The number of rotatable bonds is 5. The summed E-state index contributed by atoms with van der Waals surface area (Å²) in [5, 5.41) is 0. The molecule has 1 aromatic rings. The molecular weight excluding hydrogens is 194 g/mol. The summed E-state index contributed by atoms with van der Waals surface area (Å²) < 4.78 is 0. The Morgan fingerprint density at radius 2 is 2.00 bits per heavy atom. The molecule has 1 aromatic carbocycles. The Kier molecular flexibility index (Phi) is 5.67. The van der Waals surface area contributed by atoms with Crippen LogP contribution < -0.4 is 5.73 Å². The largest absolute Gasteiger partial charge is 0.328 e. The first-order chi connectivity index (χ1) is 7.74. The van der Waals surface area contributed by atoms with Gasteiger partial charge >= 0.3 is 0 Å². The predicted molar refractivity (Wildman–Crippen MR) is 70.2 cm³/mol. The van der Waals surface area contributed by atoms with E-state index >= 15 is 0 Å². The highest BCUT2D eigenvalue weighted by Crippen LogP contribution is 2.11. The van der Waals surface area contributed by atoms with E-state index in [1.54, 1.807) is 0 Å². The van der Waals surface area contributed by atoms with Gasteiger partial charge in [-0.2, -0.15) is 0 Å². The third-order valence-electron chi connectivity index (χ3n) is 2.86. The molecule has 0 aliphatic heterocycles. The van der Waals surface area contributed by atoms with Gasteiger partial charge in [-0.25, -0.2) is 0 Å². The van der Waals surface area contributed by atoms with Crippen molar-refractivity contribution in [3.05, 3.63) is 35.4 Å². The Morgan fingerprint density at radius 3 is 2.69 bits per heavy atom. The van der Waals surface area contributed by atoms with E-state index in [0.717, 1.165) is 25.7 Å². The molecule has 0 aliphatic carbocycles. The first-order valence-electron chi connectivity index (χ1n) is 5.93. The molecule has 0 fully saturated rings. The summed E-state index contributed by atoms with van der Waals surface area (Å²) in [6.45, 7) is 4.03. The van der Waals surface area contributed by atoms with Crippen molar-refractivity contribution < 1.29 is 0 Å². The first kappa shape index (κ1) is 12.8. The lowest BCUT2D eigenvalue weighted by Crippen LogP contribution is -2.20. The number of hydrogen-bond acceptors (Lipinski definition) is 1. The van der Waals surface area contributed by atoms with Gasteiger partial charge in [0.25, 0.3) is 0 Å². The molecule has 0 radical (unpaired) electrons. The average molecular weight is 215 g/mol. The summed E-state index contributed by atoms with van der Waals surface area (Å²) >= 11 is 0. The van der Waals surface area contributed by atoms with Crippen LogP contribution in [-0.2, 0) is 6.42 Å². The number of benzene rings is 1. The van der Waals surface area contributed by atoms with Crippen molar-refractivity contribution >= 4 is 0 Å². The van der Waals surface area contributed by atoms with E-state index < -0.39 is 0 Å². The third kappa shape index (κ3) is 4.51. The van der Waals surface area contributed by atoms with Crippen LogP contribution in [-0.4, -0.2) is 6.04 Å². The van der Waals surface area contributed by atoms with Crippen molar-refractivity contribution in [2.24, 2.45) is 5.73 Å². The molecule has 0 aliphatic rings. The van der Waals surface area contributed by atoms with Crippen LogP contribution in [0.25, 0.3) is 0 Å². The Bertz CT molecular complexity index is 371. The van der Waals surface area contributed by atoms with E-state index in [4.69, 9.17) is 5.73 Å². The monoisotopic (exact) mass is 215 g/mol. The molecule has 0 spiro atoms. The van der Waals surface area contributed by atoms with Crippen LogP contribution in [0.15, 0.2) is 24.3 Å². The highest BCUT2D eigenvalue weighted by molar-refractivity contribution is 5.25. The van der Waals surface area contributed by atoms with Crippen molar-refractivity contribution in [1.82, 2.24) is 0 Å². The molecule has 0 amide bonds. The summed E-state index contributed by atoms with van der Waals surface area (Å²) in [6.07, 6.45) is 4.06. The van der Waals surface area contributed by atoms with Gasteiger partial charge in [-0.1, -0.05) is 24.3 Å². The van der Waals surface area contributed by atoms with E-state index in [0.29, 0.717) is 0 Å². The molecule has 0 aromatic heterocycles. The van der Waals surface area contributed by atoms with Gasteiger partial charge in [-0.3, -0.25) is 0 Å². The Balaban J connectivity index is 2.33. The van der Waals surface area contributed by atoms with Gasteiger partial charge in [-0.15, -0.1) is 11.8 Å². The van der Waals surface area contributed by atoms with E-state index in [1.807, 2.05) is 6.92 Å². The van der Waals surface area contributed by atoms with Gasteiger partial charge in [0.15, 0.2) is 0 Å². The maximum Gasteiger partial charge on any atom is 0.0103 e. The zero-order valence-corrected chi connectivity index (χ0v) is 10.3. The fourth-order valence-electron chi connectivity index (χ4n) is 1.76. The van der Waals surface area contributed by atoms with Crippen LogP contribution in [0.4, 0.5) is 0 Å². The molecule has 1 rings (SSSR count). The summed E-state index contributed by atoms with van der Waals surface area (Å²) in [6, 6.07) is 8.80. The zero-order valence-electron chi connectivity index (χ0n) is 10.3. The first-order valence-corrected chi connectivity index (χ1v) is 5.93.